The minimum Gasteiger partial charge on any atom is -0.600 e. The summed E-state index contributed by atoms with van der Waals surface area (Å²) in [4.78, 5) is 0.837. The van der Waals surface area contributed by atoms with Crippen LogP contribution in [0.25, 0.3) is 0 Å². The van der Waals surface area contributed by atoms with Gasteiger partial charge in [-0.1, -0.05) is 31.5 Å². The van der Waals surface area contributed by atoms with Crippen LogP contribution in [-0.4, -0.2) is 17.4 Å². The first kappa shape index (κ1) is 11.4. The Balaban J connectivity index is 3.64. The van der Waals surface area contributed by atoms with Gasteiger partial charge in [0.1, 0.15) is 6.04 Å². The lowest BCUT2D eigenvalue weighted by molar-refractivity contribution is -0.533. The van der Waals surface area contributed by atoms with Crippen LogP contribution in [-0.2, 0) is 0 Å². The average molecular weight is 172 g/mol. The molecule has 1 atom stereocenters. The van der Waals surface area contributed by atoms with E-state index >= 15 is 0 Å². The van der Waals surface area contributed by atoms with Gasteiger partial charge in [-0.3, -0.25) is 0 Å². The second-order valence-corrected chi connectivity index (χ2v) is 3.18. The van der Waals surface area contributed by atoms with Crippen molar-refractivity contribution >= 4 is 0 Å². The van der Waals surface area contributed by atoms with Crippen LogP contribution in [0.5, 0.6) is 0 Å². The monoisotopic (exact) mass is 172 g/mol. The van der Waals surface area contributed by atoms with Crippen molar-refractivity contribution in [1.29, 1.82) is 0 Å². The number of nitrogens with zero attached hydrogens (tertiary/aromatic N) is 2. The maximum Gasteiger partial charge on any atom is 0.180 e. The van der Waals surface area contributed by atoms with E-state index in [1.165, 1.54) is 0 Å². The molecule has 0 fully saturated rings. The molecule has 0 spiro atoms. The molecular formula is C9H20N2O. The van der Waals surface area contributed by atoms with Crippen LogP contribution in [0.4, 0.5) is 0 Å². The van der Waals surface area contributed by atoms with E-state index in [0.717, 1.165) is 30.5 Å². The van der Waals surface area contributed by atoms with Gasteiger partial charge in [0.2, 0.25) is 0 Å². The summed E-state index contributed by atoms with van der Waals surface area (Å²) in [5.74, 6) is 0. The molecule has 0 aromatic carbocycles. The molecule has 1 unspecified atom stereocenters. The minimum atomic E-state index is 0.185. The van der Waals surface area contributed by atoms with E-state index in [-0.39, 0.29) is 6.04 Å². The van der Waals surface area contributed by atoms with Crippen molar-refractivity contribution in [2.75, 3.05) is 6.54 Å². The maximum absolute atomic E-state index is 11.0. The van der Waals surface area contributed by atoms with E-state index in [1.807, 2.05) is 6.92 Å². The van der Waals surface area contributed by atoms with Crippen molar-refractivity contribution in [1.82, 2.24) is 0 Å². The molecule has 0 rings (SSSR count). The van der Waals surface area contributed by atoms with E-state index in [0.29, 0.717) is 6.54 Å². The molecule has 0 aliphatic rings. The fourth-order valence-corrected chi connectivity index (χ4v) is 1.05. The summed E-state index contributed by atoms with van der Waals surface area (Å²) < 4.78 is 0. The summed E-state index contributed by atoms with van der Waals surface area (Å²) in [5, 5.41) is 15.0. The van der Waals surface area contributed by atoms with Gasteiger partial charge in [0.05, 0.1) is 0 Å². The zero-order chi connectivity index (χ0) is 9.40. The lowest BCUT2D eigenvalue weighted by Crippen LogP contribution is -2.08. The van der Waals surface area contributed by atoms with Crippen molar-refractivity contribution in [3.63, 3.8) is 0 Å². The number of hydrogen-bond donors (Lipinski definition) is 0. The predicted molar refractivity (Wildman–Crippen MR) is 50.2 cm³/mol. The Morgan fingerprint density at radius 1 is 1.33 bits per heavy atom. The summed E-state index contributed by atoms with van der Waals surface area (Å²) in [7, 11) is 0. The number of rotatable bonds is 6. The number of azo groups is 1. The normalized spacial score (nSPS) is 14.8. The SMILES string of the molecule is CCCC[N+]([O-])=NC(C)CCC. The first-order valence-electron chi connectivity index (χ1n) is 4.86. The molecule has 0 aromatic heterocycles. The third kappa shape index (κ3) is 6.13. The number of unbranched alkanes of at least 4 members (excludes halogenated alkanes) is 1. The van der Waals surface area contributed by atoms with E-state index in [1.54, 1.807) is 0 Å². The first-order valence-corrected chi connectivity index (χ1v) is 4.86. The Bertz CT molecular complexity index is 134. The highest BCUT2D eigenvalue weighted by Crippen LogP contribution is 2.00. The molecule has 0 N–H and O–H groups in total. The van der Waals surface area contributed by atoms with Crippen LogP contribution in [0.15, 0.2) is 5.11 Å². The molecule has 12 heavy (non-hydrogen) atoms. The van der Waals surface area contributed by atoms with Crippen LogP contribution in [0, 0.1) is 5.21 Å². The molecule has 0 saturated carbocycles. The molecule has 0 aromatic rings. The van der Waals surface area contributed by atoms with Crippen molar-refractivity contribution in [2.24, 2.45) is 5.11 Å². The Labute approximate surface area is 75.1 Å². The lowest BCUT2D eigenvalue weighted by atomic mass is 10.2. The van der Waals surface area contributed by atoms with Crippen LogP contribution >= 0.6 is 0 Å². The van der Waals surface area contributed by atoms with Crippen LogP contribution < -0.4 is 0 Å². The van der Waals surface area contributed by atoms with Crippen molar-refractivity contribution in [2.45, 2.75) is 52.5 Å². The quantitative estimate of drug-likeness (QED) is 0.345. The minimum absolute atomic E-state index is 0.185. The topological polar surface area (TPSA) is 38.4 Å². The van der Waals surface area contributed by atoms with Crippen LogP contribution in [0.2, 0.25) is 0 Å². The summed E-state index contributed by atoms with van der Waals surface area (Å²) in [5.41, 5.74) is 0. The van der Waals surface area contributed by atoms with Gasteiger partial charge in [-0.15, -0.1) is 0 Å². The molecule has 0 radical (unpaired) electrons. The van der Waals surface area contributed by atoms with Gasteiger partial charge in [0.15, 0.2) is 6.54 Å². The third-order valence-electron chi connectivity index (χ3n) is 1.74. The van der Waals surface area contributed by atoms with Crippen LogP contribution in [0.3, 0.4) is 0 Å². The molecular weight excluding hydrogens is 152 g/mol. The molecule has 3 heteroatoms. The van der Waals surface area contributed by atoms with Gasteiger partial charge >= 0.3 is 0 Å². The van der Waals surface area contributed by atoms with Gasteiger partial charge in [-0.25, -0.2) is 0 Å². The smallest absolute Gasteiger partial charge is 0.180 e. The largest absolute Gasteiger partial charge is 0.600 e. The summed E-state index contributed by atoms with van der Waals surface area (Å²) in [6.07, 6.45) is 4.08. The highest BCUT2D eigenvalue weighted by Gasteiger charge is 2.02. The Morgan fingerprint density at radius 2 is 2.00 bits per heavy atom. The van der Waals surface area contributed by atoms with Gasteiger partial charge in [0, 0.05) is 6.42 Å². The summed E-state index contributed by atoms with van der Waals surface area (Å²) >= 11 is 0. The average Bonchev–Trinajstić information content (AvgIpc) is 2.01. The zero-order valence-corrected chi connectivity index (χ0v) is 8.42. The van der Waals surface area contributed by atoms with E-state index in [2.05, 4.69) is 19.0 Å². The van der Waals surface area contributed by atoms with Crippen molar-refractivity contribution in [3.8, 4) is 0 Å². The molecule has 0 aliphatic heterocycles. The lowest BCUT2D eigenvalue weighted by Gasteiger charge is -2.03. The summed E-state index contributed by atoms with van der Waals surface area (Å²) in [6.45, 7) is 6.71. The van der Waals surface area contributed by atoms with Crippen molar-refractivity contribution < 1.29 is 4.86 Å². The summed E-state index contributed by atoms with van der Waals surface area (Å²) in [6, 6.07) is 0.185. The highest BCUT2D eigenvalue weighted by molar-refractivity contribution is 4.51. The Kier molecular flexibility index (Phi) is 6.72. The standard InChI is InChI=1S/C9H20N2O/c1-4-6-8-11(12)10-9(3)7-5-2/h9H,4-8H2,1-3H3. The van der Waals surface area contributed by atoms with Gasteiger partial charge in [0.25, 0.3) is 0 Å². The Morgan fingerprint density at radius 3 is 2.50 bits per heavy atom. The molecule has 0 heterocycles. The van der Waals surface area contributed by atoms with Crippen LogP contribution in [0.1, 0.15) is 46.5 Å². The molecule has 0 bridgehead atoms. The zero-order valence-electron chi connectivity index (χ0n) is 8.42. The van der Waals surface area contributed by atoms with Gasteiger partial charge < -0.3 is 5.21 Å². The third-order valence-corrected chi connectivity index (χ3v) is 1.74. The maximum atomic E-state index is 11.0. The molecule has 0 amide bonds. The van der Waals surface area contributed by atoms with Crippen molar-refractivity contribution in [3.05, 3.63) is 5.21 Å². The first-order chi connectivity index (χ1) is 5.70. The number of hydroxylamine groups is 1. The Hall–Kier alpha value is -0.600. The fraction of sp³-hybridized carbons (Fsp3) is 1.00. The molecule has 0 saturated heterocycles. The highest BCUT2D eigenvalue weighted by atomic mass is 16.5. The molecule has 0 aliphatic carbocycles. The van der Waals surface area contributed by atoms with E-state index in [9.17, 15) is 5.21 Å². The molecule has 72 valence electrons. The van der Waals surface area contributed by atoms with E-state index < -0.39 is 0 Å². The van der Waals surface area contributed by atoms with Gasteiger partial charge in [-0.05, 0) is 18.5 Å². The number of hydrogen-bond acceptors (Lipinski definition) is 2. The second-order valence-electron chi connectivity index (χ2n) is 3.18. The van der Waals surface area contributed by atoms with E-state index in [4.69, 9.17) is 0 Å². The predicted octanol–water partition coefficient (Wildman–Crippen LogP) is 2.94. The van der Waals surface area contributed by atoms with Gasteiger partial charge in [-0.2, -0.15) is 0 Å². The fourth-order valence-electron chi connectivity index (χ4n) is 1.05. The molecule has 3 nitrogen and oxygen atoms in total. The second kappa shape index (κ2) is 7.07.